The normalized spacial score (nSPS) is 33.5. The zero-order chi connectivity index (χ0) is 12.1. The van der Waals surface area contributed by atoms with Crippen molar-refractivity contribution in [1.29, 1.82) is 0 Å². The van der Waals surface area contributed by atoms with Gasteiger partial charge in [-0.3, -0.25) is 0 Å². The van der Waals surface area contributed by atoms with Gasteiger partial charge < -0.3 is 14.7 Å². The van der Waals surface area contributed by atoms with Crippen LogP contribution in [-0.4, -0.2) is 49.0 Å². The van der Waals surface area contributed by atoms with Gasteiger partial charge in [0.05, 0.1) is 12.2 Å². The molecule has 1 aliphatic carbocycles. The summed E-state index contributed by atoms with van der Waals surface area (Å²) >= 11 is 0. The Labute approximate surface area is 105 Å². The van der Waals surface area contributed by atoms with Gasteiger partial charge in [0.15, 0.2) is 0 Å². The van der Waals surface area contributed by atoms with Gasteiger partial charge in [0.2, 0.25) is 0 Å². The lowest BCUT2D eigenvalue weighted by atomic mass is 9.95. The Hall–Kier alpha value is -0.120. The molecule has 0 aromatic heterocycles. The van der Waals surface area contributed by atoms with Crippen molar-refractivity contribution in [2.75, 3.05) is 26.7 Å². The third-order valence-corrected chi connectivity index (χ3v) is 4.48. The predicted octanol–water partition coefficient (Wildman–Crippen LogP) is 2.04. The molecule has 2 aliphatic rings. The molecule has 0 aromatic rings. The summed E-state index contributed by atoms with van der Waals surface area (Å²) in [4.78, 5) is 2.52. The van der Waals surface area contributed by atoms with Crippen LogP contribution in [0.4, 0.5) is 0 Å². The van der Waals surface area contributed by atoms with E-state index in [2.05, 4.69) is 4.90 Å². The predicted molar refractivity (Wildman–Crippen MR) is 69.1 cm³/mol. The fourth-order valence-electron chi connectivity index (χ4n) is 3.24. The van der Waals surface area contributed by atoms with Crippen molar-refractivity contribution in [2.45, 2.75) is 57.2 Å². The van der Waals surface area contributed by atoms with Gasteiger partial charge in [0.1, 0.15) is 0 Å². The molecule has 3 nitrogen and oxygen atoms in total. The first-order valence-corrected chi connectivity index (χ1v) is 7.23. The molecular formula is C14H27NO2. The molecule has 1 N–H and O–H groups in total. The van der Waals surface area contributed by atoms with Crippen LogP contribution in [0.3, 0.4) is 0 Å². The van der Waals surface area contributed by atoms with Gasteiger partial charge in [0, 0.05) is 26.7 Å². The second-order valence-corrected chi connectivity index (χ2v) is 5.70. The van der Waals surface area contributed by atoms with Gasteiger partial charge in [-0.2, -0.15) is 0 Å². The van der Waals surface area contributed by atoms with Crippen LogP contribution in [0.5, 0.6) is 0 Å². The molecule has 0 bridgehead atoms. The second kappa shape index (κ2) is 6.72. The number of nitrogens with zero attached hydrogens (tertiary/aromatic N) is 1. The van der Waals surface area contributed by atoms with E-state index in [4.69, 9.17) is 4.74 Å². The van der Waals surface area contributed by atoms with Crippen LogP contribution in [0, 0.1) is 5.92 Å². The fourth-order valence-corrected chi connectivity index (χ4v) is 3.24. The molecule has 0 radical (unpaired) electrons. The van der Waals surface area contributed by atoms with Crippen LogP contribution < -0.4 is 0 Å². The minimum absolute atomic E-state index is 0.0577. The van der Waals surface area contributed by atoms with Gasteiger partial charge in [0.25, 0.3) is 0 Å². The summed E-state index contributed by atoms with van der Waals surface area (Å²) in [6, 6.07) is 0. The number of likely N-dealkylation sites (tertiary alicyclic amines) is 1. The van der Waals surface area contributed by atoms with Gasteiger partial charge in [-0.15, -0.1) is 0 Å². The Morgan fingerprint density at radius 2 is 1.76 bits per heavy atom. The van der Waals surface area contributed by atoms with Crippen molar-refractivity contribution in [3.8, 4) is 0 Å². The SMILES string of the molecule is COC1CCN(CC2CCCCCC2O)CC1. The molecule has 2 rings (SSSR count). The molecule has 1 aliphatic heterocycles. The van der Waals surface area contributed by atoms with Crippen molar-refractivity contribution >= 4 is 0 Å². The van der Waals surface area contributed by atoms with E-state index in [1.165, 1.54) is 25.7 Å². The number of aliphatic hydroxyl groups is 1. The highest BCUT2D eigenvalue weighted by molar-refractivity contribution is 4.79. The monoisotopic (exact) mass is 241 g/mol. The lowest BCUT2D eigenvalue weighted by molar-refractivity contribution is 0.0208. The molecule has 1 saturated carbocycles. The van der Waals surface area contributed by atoms with Gasteiger partial charge in [-0.05, 0) is 31.6 Å². The van der Waals surface area contributed by atoms with Gasteiger partial charge in [-0.1, -0.05) is 19.3 Å². The first-order valence-electron chi connectivity index (χ1n) is 7.23. The molecule has 3 heteroatoms. The molecule has 1 saturated heterocycles. The molecule has 17 heavy (non-hydrogen) atoms. The number of piperidine rings is 1. The van der Waals surface area contributed by atoms with Crippen molar-refractivity contribution < 1.29 is 9.84 Å². The molecular weight excluding hydrogens is 214 g/mol. The molecule has 0 aromatic carbocycles. The van der Waals surface area contributed by atoms with E-state index in [0.717, 1.165) is 38.9 Å². The zero-order valence-corrected chi connectivity index (χ0v) is 11.1. The summed E-state index contributed by atoms with van der Waals surface area (Å²) in [5.41, 5.74) is 0. The summed E-state index contributed by atoms with van der Waals surface area (Å²) < 4.78 is 5.39. The maximum Gasteiger partial charge on any atom is 0.0595 e. The number of rotatable bonds is 3. The third kappa shape index (κ3) is 3.94. The van der Waals surface area contributed by atoms with Crippen LogP contribution in [0.25, 0.3) is 0 Å². The average molecular weight is 241 g/mol. The summed E-state index contributed by atoms with van der Waals surface area (Å²) in [7, 11) is 1.81. The lowest BCUT2D eigenvalue weighted by Crippen LogP contribution is -2.41. The summed E-state index contributed by atoms with van der Waals surface area (Å²) in [5.74, 6) is 0.511. The first kappa shape index (κ1) is 13.3. The smallest absolute Gasteiger partial charge is 0.0595 e. The minimum atomic E-state index is -0.0577. The van der Waals surface area contributed by atoms with Crippen LogP contribution in [-0.2, 0) is 4.74 Å². The molecule has 100 valence electrons. The van der Waals surface area contributed by atoms with Crippen molar-refractivity contribution in [3.63, 3.8) is 0 Å². The minimum Gasteiger partial charge on any atom is -0.393 e. The molecule has 2 atom stereocenters. The topological polar surface area (TPSA) is 32.7 Å². The Morgan fingerprint density at radius 1 is 1.06 bits per heavy atom. The van der Waals surface area contributed by atoms with Crippen molar-refractivity contribution in [1.82, 2.24) is 4.90 Å². The summed E-state index contributed by atoms with van der Waals surface area (Å²) in [6.07, 6.45) is 8.75. The van der Waals surface area contributed by atoms with Crippen molar-refractivity contribution in [3.05, 3.63) is 0 Å². The van der Waals surface area contributed by atoms with Crippen LogP contribution in [0.2, 0.25) is 0 Å². The standard InChI is InChI=1S/C14H27NO2/c1-17-13-7-9-15(10-8-13)11-12-5-3-2-4-6-14(12)16/h12-14,16H,2-11H2,1H3. The fraction of sp³-hybridized carbons (Fsp3) is 1.00. The molecule has 0 spiro atoms. The van der Waals surface area contributed by atoms with Gasteiger partial charge >= 0.3 is 0 Å². The molecule has 0 amide bonds. The van der Waals surface area contributed by atoms with E-state index in [-0.39, 0.29) is 6.10 Å². The second-order valence-electron chi connectivity index (χ2n) is 5.70. The van der Waals surface area contributed by atoms with Gasteiger partial charge in [-0.25, -0.2) is 0 Å². The van der Waals surface area contributed by atoms with E-state index >= 15 is 0 Å². The Morgan fingerprint density at radius 3 is 2.47 bits per heavy atom. The maximum absolute atomic E-state index is 10.1. The third-order valence-electron chi connectivity index (χ3n) is 4.48. The quantitative estimate of drug-likeness (QED) is 0.768. The van der Waals surface area contributed by atoms with E-state index in [0.29, 0.717) is 12.0 Å². The van der Waals surface area contributed by atoms with Crippen molar-refractivity contribution in [2.24, 2.45) is 5.92 Å². The number of methoxy groups -OCH3 is 1. The van der Waals surface area contributed by atoms with Crippen LogP contribution >= 0.6 is 0 Å². The Kier molecular flexibility index (Phi) is 5.26. The average Bonchev–Trinajstić information content (AvgIpc) is 2.56. The highest BCUT2D eigenvalue weighted by Gasteiger charge is 2.26. The Bertz CT molecular complexity index is 214. The summed E-state index contributed by atoms with van der Waals surface area (Å²) in [6.45, 7) is 3.38. The summed E-state index contributed by atoms with van der Waals surface area (Å²) in [5, 5.41) is 10.1. The van der Waals surface area contributed by atoms with E-state index < -0.39 is 0 Å². The Balaban J connectivity index is 1.76. The van der Waals surface area contributed by atoms with E-state index in [1.54, 1.807) is 0 Å². The highest BCUT2D eigenvalue weighted by Crippen LogP contribution is 2.25. The van der Waals surface area contributed by atoms with E-state index in [9.17, 15) is 5.11 Å². The molecule has 2 fully saturated rings. The largest absolute Gasteiger partial charge is 0.393 e. The molecule has 2 unspecified atom stereocenters. The number of aliphatic hydroxyl groups excluding tert-OH is 1. The number of hydrogen-bond acceptors (Lipinski definition) is 3. The highest BCUT2D eigenvalue weighted by atomic mass is 16.5. The lowest BCUT2D eigenvalue weighted by Gasteiger charge is -2.34. The number of hydrogen-bond donors (Lipinski definition) is 1. The van der Waals surface area contributed by atoms with Crippen LogP contribution in [0.15, 0.2) is 0 Å². The zero-order valence-electron chi connectivity index (χ0n) is 11.1. The molecule has 1 heterocycles. The maximum atomic E-state index is 10.1. The number of ether oxygens (including phenoxy) is 1. The van der Waals surface area contributed by atoms with Crippen LogP contribution in [0.1, 0.15) is 44.9 Å². The first-order chi connectivity index (χ1) is 8.29. The van der Waals surface area contributed by atoms with E-state index in [1.807, 2.05) is 7.11 Å².